The number of para-hydroxylation sites is 4. The third-order valence-electron chi connectivity index (χ3n) is 13.3. The summed E-state index contributed by atoms with van der Waals surface area (Å²) in [5.74, 6) is 1.83. The van der Waals surface area contributed by atoms with Crippen molar-refractivity contribution in [3.63, 3.8) is 0 Å². The fourth-order valence-corrected chi connectivity index (χ4v) is 15.6. The zero-order valence-electron chi connectivity index (χ0n) is 34.1. The number of hydrogen-bond acceptors (Lipinski definition) is 1. The van der Waals surface area contributed by atoms with Crippen molar-refractivity contribution < 1.29 is 4.74 Å². The molecule has 3 heterocycles. The van der Waals surface area contributed by atoms with E-state index in [1.165, 1.54) is 75.5 Å². The minimum atomic E-state index is -3.02. The molecule has 61 heavy (non-hydrogen) atoms. The molecule has 0 spiro atoms. The number of fused-ring (bicyclic) bond motifs is 9. The number of ether oxygens (including phenoxy) is 1. The largest absolute Gasteiger partial charge is 0.457 e. The third-order valence-corrected chi connectivity index (χ3v) is 18.1. The van der Waals surface area contributed by atoms with Crippen molar-refractivity contribution in [2.75, 3.05) is 0 Å². The van der Waals surface area contributed by atoms with Crippen LogP contribution in [0, 0.1) is 0 Å². The lowest BCUT2D eigenvalue weighted by Gasteiger charge is -2.36. The molecule has 0 unspecified atom stereocenters. The van der Waals surface area contributed by atoms with Crippen molar-refractivity contribution in [2.24, 2.45) is 0 Å². The lowest BCUT2D eigenvalue weighted by atomic mass is 9.75. The van der Waals surface area contributed by atoms with Gasteiger partial charge in [0, 0.05) is 49.5 Å². The monoisotopic (exact) mass is 798 g/mol. The third kappa shape index (κ3) is 5.09. The standard InChI is InChI=1S/C57H42N2OSi/c1-57(2)47-30-16-18-32-51(47)60-52-37-34-40(38-48(52)57)59-50-36-35-45-44-28-15-17-31-49(44)58(39-20-7-3-8-21-39)56(45)54(50)46-29-19-33-53(55(46)59)61(41-22-9-4-10-23-41,42-24-11-5-12-25-42)43-26-13-6-14-27-43/h3-38H,1-2H3. The highest BCUT2D eigenvalue weighted by Crippen LogP contribution is 2.49. The van der Waals surface area contributed by atoms with Crippen LogP contribution in [0.5, 0.6) is 11.5 Å². The van der Waals surface area contributed by atoms with Crippen LogP contribution in [0.1, 0.15) is 25.0 Å². The normalized spacial score (nSPS) is 13.3. The van der Waals surface area contributed by atoms with Crippen LogP contribution in [-0.2, 0) is 5.41 Å². The van der Waals surface area contributed by atoms with E-state index in [4.69, 9.17) is 4.74 Å². The minimum absolute atomic E-state index is 0.286. The molecule has 12 rings (SSSR count). The van der Waals surface area contributed by atoms with Gasteiger partial charge in [-0.3, -0.25) is 0 Å². The molecule has 11 aromatic rings. The van der Waals surface area contributed by atoms with Crippen molar-refractivity contribution in [3.05, 3.63) is 230 Å². The number of nitrogens with zero attached hydrogens (tertiary/aromatic N) is 2. The molecule has 0 N–H and O–H groups in total. The highest BCUT2D eigenvalue weighted by atomic mass is 28.3. The van der Waals surface area contributed by atoms with Crippen molar-refractivity contribution >= 4 is 72.4 Å². The summed E-state index contributed by atoms with van der Waals surface area (Å²) < 4.78 is 11.7. The van der Waals surface area contributed by atoms with Gasteiger partial charge in [0.25, 0.3) is 0 Å². The molecule has 0 bridgehead atoms. The van der Waals surface area contributed by atoms with Gasteiger partial charge in [-0.05, 0) is 69.3 Å². The van der Waals surface area contributed by atoms with Gasteiger partial charge in [-0.15, -0.1) is 0 Å². The summed E-state index contributed by atoms with van der Waals surface area (Å²) in [7, 11) is -3.02. The van der Waals surface area contributed by atoms with Gasteiger partial charge in [-0.1, -0.05) is 184 Å². The van der Waals surface area contributed by atoms with Crippen molar-refractivity contribution in [3.8, 4) is 22.9 Å². The smallest absolute Gasteiger partial charge is 0.181 e. The summed E-state index contributed by atoms with van der Waals surface area (Å²) in [6.07, 6.45) is 0. The quantitative estimate of drug-likeness (QED) is 0.121. The van der Waals surface area contributed by atoms with Crippen LogP contribution in [-0.4, -0.2) is 17.2 Å². The van der Waals surface area contributed by atoms with E-state index < -0.39 is 8.07 Å². The second kappa shape index (κ2) is 13.6. The predicted molar refractivity (Wildman–Crippen MR) is 257 cm³/mol. The van der Waals surface area contributed by atoms with Crippen molar-refractivity contribution in [1.82, 2.24) is 9.13 Å². The molecule has 0 amide bonds. The predicted octanol–water partition coefficient (Wildman–Crippen LogP) is 11.7. The molecule has 1 aliphatic rings. The molecule has 4 heteroatoms. The van der Waals surface area contributed by atoms with E-state index in [-0.39, 0.29) is 5.41 Å². The van der Waals surface area contributed by atoms with Gasteiger partial charge < -0.3 is 13.9 Å². The van der Waals surface area contributed by atoms with Crippen molar-refractivity contribution in [1.29, 1.82) is 0 Å². The molecule has 0 saturated carbocycles. The van der Waals surface area contributed by atoms with E-state index in [1.54, 1.807) is 0 Å². The highest BCUT2D eigenvalue weighted by Gasteiger charge is 2.44. The SMILES string of the molecule is CC1(C)c2ccccc2Oc2ccc(-n3c4ccc5c6ccccc6n(-c6ccccc6)c5c4c4cccc([Si](c5ccccc5)(c5ccccc5)c5ccccc5)c43)cc21. The molecule has 0 atom stereocenters. The summed E-state index contributed by atoms with van der Waals surface area (Å²) in [6, 6.07) is 80.8. The van der Waals surface area contributed by atoms with Crippen LogP contribution in [0.25, 0.3) is 55.0 Å². The number of hydrogen-bond donors (Lipinski definition) is 0. The van der Waals surface area contributed by atoms with E-state index in [0.29, 0.717) is 0 Å². The van der Waals surface area contributed by atoms with Crippen LogP contribution in [0.3, 0.4) is 0 Å². The maximum absolute atomic E-state index is 6.66. The summed E-state index contributed by atoms with van der Waals surface area (Å²) in [4.78, 5) is 0. The second-order valence-corrected chi connectivity index (χ2v) is 20.6. The second-order valence-electron chi connectivity index (χ2n) is 16.8. The first-order valence-electron chi connectivity index (χ1n) is 21.2. The Balaban J connectivity index is 1.30. The highest BCUT2D eigenvalue weighted by molar-refractivity contribution is 7.20. The summed E-state index contributed by atoms with van der Waals surface area (Å²) in [5.41, 5.74) is 9.15. The summed E-state index contributed by atoms with van der Waals surface area (Å²) in [5, 5.41) is 10.3. The Labute approximate surface area is 356 Å². The fraction of sp³-hybridized carbons (Fsp3) is 0.0526. The molecule has 0 saturated heterocycles. The Morgan fingerprint density at radius 3 is 1.64 bits per heavy atom. The zero-order chi connectivity index (χ0) is 40.7. The Bertz CT molecular complexity index is 3360. The van der Waals surface area contributed by atoms with Gasteiger partial charge in [-0.2, -0.15) is 0 Å². The summed E-state index contributed by atoms with van der Waals surface area (Å²) >= 11 is 0. The molecule has 9 aromatic carbocycles. The van der Waals surface area contributed by atoms with Crippen LogP contribution < -0.4 is 25.5 Å². The molecular formula is C57H42N2OSi. The molecule has 2 aromatic heterocycles. The molecule has 1 aliphatic heterocycles. The summed E-state index contributed by atoms with van der Waals surface area (Å²) in [6.45, 7) is 4.66. The van der Waals surface area contributed by atoms with Gasteiger partial charge in [0.15, 0.2) is 8.07 Å². The Morgan fingerprint density at radius 1 is 0.393 bits per heavy atom. The maximum Gasteiger partial charge on any atom is 0.181 e. The van der Waals surface area contributed by atoms with Crippen LogP contribution in [0.15, 0.2) is 218 Å². The zero-order valence-corrected chi connectivity index (χ0v) is 35.1. The lowest BCUT2D eigenvalue weighted by molar-refractivity contribution is 0.418. The molecule has 0 fully saturated rings. The van der Waals surface area contributed by atoms with E-state index in [1.807, 2.05) is 0 Å². The first kappa shape index (κ1) is 35.5. The van der Waals surface area contributed by atoms with Gasteiger partial charge in [0.05, 0.1) is 22.1 Å². The van der Waals surface area contributed by atoms with E-state index in [9.17, 15) is 0 Å². The fourth-order valence-electron chi connectivity index (χ4n) is 10.6. The average molecular weight is 799 g/mol. The molecule has 3 nitrogen and oxygen atoms in total. The van der Waals surface area contributed by atoms with Crippen molar-refractivity contribution in [2.45, 2.75) is 19.3 Å². The average Bonchev–Trinajstić information content (AvgIpc) is 3.84. The Hall–Kier alpha value is -7.40. The number of aromatic nitrogens is 2. The topological polar surface area (TPSA) is 19.1 Å². The Kier molecular flexibility index (Phi) is 7.90. The maximum atomic E-state index is 6.66. The Morgan fingerprint density at radius 2 is 0.951 bits per heavy atom. The van der Waals surface area contributed by atoms with E-state index >= 15 is 0 Å². The van der Waals surface area contributed by atoms with Crippen LogP contribution >= 0.6 is 0 Å². The molecular weight excluding hydrogens is 757 g/mol. The first-order valence-corrected chi connectivity index (χ1v) is 23.2. The van der Waals surface area contributed by atoms with E-state index in [2.05, 4.69) is 241 Å². The van der Waals surface area contributed by atoms with Gasteiger partial charge in [0.2, 0.25) is 0 Å². The molecule has 0 radical (unpaired) electrons. The van der Waals surface area contributed by atoms with Crippen LogP contribution in [0.4, 0.5) is 0 Å². The van der Waals surface area contributed by atoms with Gasteiger partial charge >= 0.3 is 0 Å². The van der Waals surface area contributed by atoms with Crippen LogP contribution in [0.2, 0.25) is 0 Å². The van der Waals surface area contributed by atoms with Gasteiger partial charge in [-0.25, -0.2) is 0 Å². The van der Waals surface area contributed by atoms with E-state index in [0.717, 1.165) is 22.9 Å². The minimum Gasteiger partial charge on any atom is -0.457 e. The number of benzene rings is 9. The molecule has 0 aliphatic carbocycles. The molecule has 290 valence electrons. The number of rotatable bonds is 6. The first-order chi connectivity index (χ1) is 30.0. The lowest BCUT2D eigenvalue weighted by Crippen LogP contribution is -2.75. The van der Waals surface area contributed by atoms with Gasteiger partial charge in [0.1, 0.15) is 11.5 Å².